The lowest BCUT2D eigenvalue weighted by atomic mass is 10.0. The van der Waals surface area contributed by atoms with E-state index in [1.165, 1.54) is 12.3 Å². The van der Waals surface area contributed by atoms with Gasteiger partial charge in [-0.1, -0.05) is 6.07 Å². The molecule has 4 nitrogen and oxygen atoms in total. The van der Waals surface area contributed by atoms with Crippen LogP contribution in [0.5, 0.6) is 0 Å². The summed E-state index contributed by atoms with van der Waals surface area (Å²) in [4.78, 5) is 17.2. The Hall–Kier alpha value is -2.69. The van der Waals surface area contributed by atoms with Gasteiger partial charge in [0, 0.05) is 24.0 Å². The third-order valence-electron chi connectivity index (χ3n) is 3.61. The summed E-state index contributed by atoms with van der Waals surface area (Å²) in [7, 11) is 0. The van der Waals surface area contributed by atoms with Gasteiger partial charge in [-0.2, -0.15) is 0 Å². The smallest absolute Gasteiger partial charge is 0.415 e. The number of ether oxygens (including phenoxy) is 1. The van der Waals surface area contributed by atoms with Gasteiger partial charge in [-0.3, -0.25) is 9.88 Å². The Bertz CT molecular complexity index is 868. The average Bonchev–Trinajstić information content (AvgIpc) is 2.58. The molecule has 1 aliphatic rings. The molecule has 1 aliphatic heterocycles. The van der Waals surface area contributed by atoms with Crippen LogP contribution in [0.15, 0.2) is 42.8 Å². The van der Waals surface area contributed by atoms with Crippen LogP contribution in [0, 0.1) is 19.7 Å². The molecule has 23 heavy (non-hydrogen) atoms. The van der Waals surface area contributed by atoms with Crippen LogP contribution in [0.3, 0.4) is 0 Å². The van der Waals surface area contributed by atoms with Crippen molar-refractivity contribution in [2.75, 3.05) is 6.54 Å². The van der Waals surface area contributed by atoms with Crippen molar-refractivity contribution in [2.45, 2.75) is 20.3 Å². The van der Waals surface area contributed by atoms with Gasteiger partial charge in [0.1, 0.15) is 5.82 Å². The summed E-state index contributed by atoms with van der Waals surface area (Å²) >= 11 is 0. The van der Waals surface area contributed by atoms with E-state index >= 15 is 0 Å². The number of carbonyl (C=O) groups excluding carboxylic acids is 1. The van der Waals surface area contributed by atoms with Crippen LogP contribution in [0.25, 0.3) is 11.1 Å². The minimum atomic E-state index is -2.09. The summed E-state index contributed by atoms with van der Waals surface area (Å²) in [5.41, 5.74) is 2.60. The molecular formula is C18H17FN2O2. The first kappa shape index (κ1) is 12.8. The zero-order valence-electron chi connectivity index (χ0n) is 14.8. The van der Waals surface area contributed by atoms with E-state index in [2.05, 4.69) is 4.98 Å². The minimum absolute atomic E-state index is 0.102. The van der Waals surface area contributed by atoms with E-state index in [4.69, 9.17) is 7.48 Å². The van der Waals surface area contributed by atoms with Gasteiger partial charge in [0.15, 0.2) is 0 Å². The monoisotopic (exact) mass is 314 g/mol. The highest BCUT2D eigenvalue weighted by Gasteiger charge is 2.18. The molecule has 2 aromatic rings. The van der Waals surface area contributed by atoms with Crippen molar-refractivity contribution in [1.82, 2.24) is 9.88 Å². The molecule has 0 atom stereocenters. The summed E-state index contributed by atoms with van der Waals surface area (Å²) < 4.78 is 35.1. The summed E-state index contributed by atoms with van der Waals surface area (Å²) in [5, 5.41) is 0. The molecule has 1 aromatic carbocycles. The predicted octanol–water partition coefficient (Wildman–Crippen LogP) is 3.97. The van der Waals surface area contributed by atoms with Crippen LogP contribution in [0.2, 0.25) is 0 Å². The summed E-state index contributed by atoms with van der Waals surface area (Å²) in [6.07, 6.45) is 3.66. The van der Waals surface area contributed by atoms with Crippen molar-refractivity contribution in [2.24, 2.45) is 0 Å². The number of benzene rings is 1. The largest absolute Gasteiger partial charge is 0.418 e. The molecule has 1 amide bonds. The topological polar surface area (TPSA) is 42.4 Å². The normalized spacial score (nSPS) is 16.0. The average molecular weight is 314 g/mol. The molecule has 0 saturated carbocycles. The maximum absolute atomic E-state index is 13.5. The lowest BCUT2D eigenvalue weighted by Crippen LogP contribution is -2.33. The Morgan fingerprint density at radius 1 is 1.35 bits per heavy atom. The summed E-state index contributed by atoms with van der Waals surface area (Å²) in [5.74, 6) is -0.303. The standard InChI is InChI=1S/C18H17FN2O2/c1-12-8-14(4-5-17(12)19)15-9-16(13(2)20-10-15)11-21-6-3-7-23-18(21)22/h3-5,7-10H,6,11H2,1-2H3/i11D2. The van der Waals surface area contributed by atoms with Gasteiger partial charge < -0.3 is 4.74 Å². The fraction of sp³-hybridized carbons (Fsp3) is 0.222. The molecule has 0 saturated heterocycles. The first-order valence-electron chi connectivity index (χ1n) is 8.17. The van der Waals surface area contributed by atoms with Crippen molar-refractivity contribution in [3.8, 4) is 11.1 Å². The summed E-state index contributed by atoms with van der Waals surface area (Å²) in [6, 6.07) is 6.30. The van der Waals surface area contributed by atoms with E-state index in [0.29, 0.717) is 16.8 Å². The number of hydrogen-bond acceptors (Lipinski definition) is 3. The van der Waals surface area contributed by atoms with Crippen molar-refractivity contribution in [3.63, 3.8) is 0 Å². The Labute approximate surface area is 137 Å². The van der Waals surface area contributed by atoms with Crippen LogP contribution >= 0.6 is 0 Å². The third kappa shape index (κ3) is 3.23. The number of halogens is 1. The van der Waals surface area contributed by atoms with E-state index < -0.39 is 12.6 Å². The number of hydrogen-bond donors (Lipinski definition) is 0. The minimum Gasteiger partial charge on any atom is -0.418 e. The fourth-order valence-corrected chi connectivity index (χ4v) is 2.26. The molecular weight excluding hydrogens is 295 g/mol. The fourth-order valence-electron chi connectivity index (χ4n) is 2.26. The molecule has 0 spiro atoms. The number of nitrogens with zero attached hydrogens (tertiary/aromatic N) is 2. The highest BCUT2D eigenvalue weighted by molar-refractivity contribution is 5.70. The van der Waals surface area contributed by atoms with E-state index in [0.717, 1.165) is 10.5 Å². The molecule has 3 rings (SSSR count). The van der Waals surface area contributed by atoms with Gasteiger partial charge in [0.05, 0.1) is 15.5 Å². The zero-order chi connectivity index (χ0) is 18.2. The van der Waals surface area contributed by atoms with Gasteiger partial charge in [-0.25, -0.2) is 9.18 Å². The van der Waals surface area contributed by atoms with E-state index in [1.54, 1.807) is 44.3 Å². The Morgan fingerprint density at radius 2 is 2.17 bits per heavy atom. The van der Waals surface area contributed by atoms with E-state index in [9.17, 15) is 9.18 Å². The number of pyridine rings is 1. The highest BCUT2D eigenvalue weighted by atomic mass is 19.1. The molecule has 2 heterocycles. The van der Waals surface area contributed by atoms with Crippen molar-refractivity contribution in [3.05, 3.63) is 65.4 Å². The molecule has 0 aliphatic carbocycles. The predicted molar refractivity (Wildman–Crippen MR) is 85.1 cm³/mol. The highest BCUT2D eigenvalue weighted by Crippen LogP contribution is 2.24. The number of amides is 1. The quantitative estimate of drug-likeness (QED) is 0.861. The van der Waals surface area contributed by atoms with Crippen LogP contribution in [-0.2, 0) is 11.2 Å². The molecule has 0 N–H and O–H groups in total. The van der Waals surface area contributed by atoms with Crippen LogP contribution in [-0.4, -0.2) is 22.5 Å². The van der Waals surface area contributed by atoms with Gasteiger partial charge in [-0.05, 0) is 54.8 Å². The number of cyclic esters (lactones) is 1. The van der Waals surface area contributed by atoms with Crippen LogP contribution in [0.4, 0.5) is 9.18 Å². The first-order valence-corrected chi connectivity index (χ1v) is 7.17. The second-order valence-corrected chi connectivity index (χ2v) is 5.30. The van der Waals surface area contributed by atoms with Gasteiger partial charge >= 0.3 is 6.09 Å². The molecule has 5 heteroatoms. The lowest BCUT2D eigenvalue weighted by Gasteiger charge is -2.23. The first-order chi connectivity index (χ1) is 11.8. The Morgan fingerprint density at radius 3 is 2.91 bits per heavy atom. The van der Waals surface area contributed by atoms with Gasteiger partial charge in [0.2, 0.25) is 0 Å². The Kier molecular flexibility index (Phi) is 3.46. The number of aryl methyl sites for hydroxylation is 2. The SMILES string of the molecule is [2H]C([2H])(c1cc(-c2ccc(F)c(C)c2)cnc1C)N1CC=COC1=O. The van der Waals surface area contributed by atoms with Crippen molar-refractivity contribution < 1.29 is 16.7 Å². The van der Waals surface area contributed by atoms with E-state index in [1.807, 2.05) is 0 Å². The molecule has 0 radical (unpaired) electrons. The number of rotatable bonds is 3. The second kappa shape index (κ2) is 6.20. The van der Waals surface area contributed by atoms with Crippen molar-refractivity contribution >= 4 is 6.09 Å². The lowest BCUT2D eigenvalue weighted by molar-refractivity contribution is 0.131. The maximum atomic E-state index is 13.5. The van der Waals surface area contributed by atoms with Crippen LogP contribution < -0.4 is 0 Å². The van der Waals surface area contributed by atoms with Crippen molar-refractivity contribution in [1.29, 1.82) is 0 Å². The molecule has 0 unspecified atom stereocenters. The molecule has 118 valence electrons. The van der Waals surface area contributed by atoms with E-state index in [-0.39, 0.29) is 17.9 Å². The number of carbonyl (C=O) groups is 1. The van der Waals surface area contributed by atoms with Gasteiger partial charge in [-0.15, -0.1) is 0 Å². The zero-order valence-corrected chi connectivity index (χ0v) is 12.8. The molecule has 0 bridgehead atoms. The maximum Gasteiger partial charge on any atom is 0.415 e. The Balaban J connectivity index is 2.05. The third-order valence-corrected chi connectivity index (χ3v) is 3.61. The van der Waals surface area contributed by atoms with Gasteiger partial charge in [0.25, 0.3) is 0 Å². The summed E-state index contributed by atoms with van der Waals surface area (Å²) in [6.45, 7) is 1.35. The second-order valence-electron chi connectivity index (χ2n) is 5.30. The molecule has 1 aromatic heterocycles. The van der Waals surface area contributed by atoms with Crippen LogP contribution in [0.1, 0.15) is 19.6 Å². The number of aromatic nitrogens is 1. The molecule has 0 fully saturated rings.